The fraction of sp³-hybridized carbons (Fsp3) is 0.706. The number of carbonyl (C=O) groups excluding carboxylic acids is 2. The zero-order valence-corrected chi connectivity index (χ0v) is 51.9. The van der Waals surface area contributed by atoms with Gasteiger partial charge in [0.15, 0.2) is 0 Å². The highest BCUT2D eigenvalue weighted by molar-refractivity contribution is 5.87. The van der Waals surface area contributed by atoms with Crippen LogP contribution in [0.4, 0.5) is 0 Å². The molecule has 0 spiro atoms. The van der Waals surface area contributed by atoms with Gasteiger partial charge in [0, 0.05) is 31.0 Å². The maximum Gasteiger partial charge on any atom is 0.333 e. The molecule has 5 unspecified atom stereocenters. The van der Waals surface area contributed by atoms with Gasteiger partial charge in [-0.1, -0.05) is 89.7 Å². The van der Waals surface area contributed by atoms with E-state index >= 15 is 0 Å². The van der Waals surface area contributed by atoms with E-state index in [1.54, 1.807) is 13.8 Å². The van der Waals surface area contributed by atoms with E-state index in [1.165, 1.54) is 25.7 Å². The zero-order chi connectivity index (χ0) is 58.2. The van der Waals surface area contributed by atoms with Gasteiger partial charge < -0.3 is 37.9 Å². The summed E-state index contributed by atoms with van der Waals surface area (Å²) in [6.45, 7) is 49.3. The molecule has 0 aliphatic heterocycles. The second-order valence-electron chi connectivity index (χ2n) is 27.8. The van der Waals surface area contributed by atoms with Crippen molar-refractivity contribution in [3.63, 3.8) is 0 Å². The number of hydrogen-bond acceptors (Lipinski definition) is 10. The molecule has 2 aromatic carbocycles. The predicted octanol–water partition coefficient (Wildman–Crippen LogP) is 16.4. The van der Waals surface area contributed by atoms with Gasteiger partial charge in [-0.25, -0.2) is 9.59 Å². The van der Waals surface area contributed by atoms with Crippen LogP contribution < -0.4 is 9.47 Å². The van der Waals surface area contributed by atoms with Crippen LogP contribution in [0.1, 0.15) is 188 Å². The minimum Gasteiger partial charge on any atom is -0.493 e. The summed E-state index contributed by atoms with van der Waals surface area (Å²) >= 11 is 0. The number of para-hydroxylation sites is 2. The highest BCUT2D eigenvalue weighted by atomic mass is 16.6. The molecule has 0 saturated heterocycles. The summed E-state index contributed by atoms with van der Waals surface area (Å²) in [5, 5.41) is 0. The maximum absolute atomic E-state index is 12.7. The summed E-state index contributed by atoms with van der Waals surface area (Å²) in [5.74, 6) is 2.23. The monoisotopic (exact) mass is 1080 g/mol. The lowest BCUT2D eigenvalue weighted by Crippen LogP contribution is -2.47. The molecule has 2 aliphatic carbocycles. The fourth-order valence-electron chi connectivity index (χ4n) is 12.2. The van der Waals surface area contributed by atoms with Crippen LogP contribution in [0.25, 0.3) is 0 Å². The number of ether oxygens (including phenoxy) is 8. The van der Waals surface area contributed by atoms with E-state index in [9.17, 15) is 9.59 Å². The van der Waals surface area contributed by atoms with Crippen molar-refractivity contribution in [3.05, 3.63) is 97.6 Å². The smallest absolute Gasteiger partial charge is 0.333 e. The number of benzene rings is 2. The summed E-state index contributed by atoms with van der Waals surface area (Å²) in [6, 6.07) is 19.4. The van der Waals surface area contributed by atoms with E-state index in [1.807, 2.05) is 88.4 Å². The van der Waals surface area contributed by atoms with Crippen molar-refractivity contribution < 1.29 is 47.5 Å². The molecule has 2 saturated carbocycles. The Morgan fingerprint density at radius 1 is 0.603 bits per heavy atom. The fourth-order valence-corrected chi connectivity index (χ4v) is 12.2. The summed E-state index contributed by atoms with van der Waals surface area (Å²) in [6.07, 6.45) is 15.3. The van der Waals surface area contributed by atoms with Crippen molar-refractivity contribution in [2.45, 2.75) is 216 Å². The molecule has 4 rings (SSSR count). The molecule has 0 radical (unpaired) electrons. The van der Waals surface area contributed by atoms with Gasteiger partial charge in [0.25, 0.3) is 0 Å². The number of esters is 2. The molecular weight excluding hydrogens is 977 g/mol. The lowest BCUT2D eigenvalue weighted by Gasteiger charge is -2.55. The highest BCUT2D eigenvalue weighted by Crippen LogP contribution is 2.59. The molecule has 440 valence electrons. The molecule has 0 amide bonds. The topological polar surface area (TPSA) is 108 Å². The van der Waals surface area contributed by atoms with Crippen LogP contribution in [0, 0.1) is 45.8 Å². The van der Waals surface area contributed by atoms with Crippen LogP contribution in [0.3, 0.4) is 0 Å². The van der Waals surface area contributed by atoms with Gasteiger partial charge in [0.1, 0.15) is 22.7 Å². The van der Waals surface area contributed by atoms with Gasteiger partial charge >= 0.3 is 11.9 Å². The molecular formula is C68H108O10. The number of hydrogen-bond donors (Lipinski definition) is 0. The predicted molar refractivity (Wildman–Crippen MR) is 318 cm³/mol. The Balaban J connectivity index is 1.16. The highest BCUT2D eigenvalue weighted by Gasteiger charge is 2.51. The van der Waals surface area contributed by atoms with Crippen molar-refractivity contribution in [1.82, 2.24) is 0 Å². The number of rotatable bonds is 36. The number of unbranched alkanes of at least 4 members (excludes halogenated alkanes) is 2. The first-order chi connectivity index (χ1) is 36.2. The van der Waals surface area contributed by atoms with Gasteiger partial charge in [0.2, 0.25) is 0 Å². The van der Waals surface area contributed by atoms with Crippen molar-refractivity contribution >= 4 is 11.9 Å². The Kier molecular flexibility index (Phi) is 24.4. The molecule has 2 aliphatic rings. The van der Waals surface area contributed by atoms with E-state index in [0.29, 0.717) is 62.6 Å². The Bertz CT molecular complexity index is 2180. The van der Waals surface area contributed by atoms with Crippen LogP contribution in [0.15, 0.2) is 97.6 Å². The largest absolute Gasteiger partial charge is 0.493 e. The molecule has 10 heteroatoms. The van der Waals surface area contributed by atoms with Gasteiger partial charge in [0.05, 0.1) is 55.1 Å². The van der Waals surface area contributed by atoms with Crippen LogP contribution >= 0.6 is 0 Å². The van der Waals surface area contributed by atoms with Crippen LogP contribution in [-0.2, 0) is 38.0 Å². The van der Waals surface area contributed by atoms with E-state index in [2.05, 4.69) is 95.1 Å². The average Bonchev–Trinajstić information content (AvgIpc) is 3.39. The van der Waals surface area contributed by atoms with Crippen LogP contribution in [0.2, 0.25) is 0 Å². The quantitative estimate of drug-likeness (QED) is 0.0283. The van der Waals surface area contributed by atoms with Gasteiger partial charge in [-0.2, -0.15) is 0 Å². The molecule has 0 heterocycles. The summed E-state index contributed by atoms with van der Waals surface area (Å²) < 4.78 is 50.3. The Morgan fingerprint density at radius 3 is 1.53 bits per heavy atom. The lowest BCUT2D eigenvalue weighted by atomic mass is 9.51. The third-order valence-corrected chi connectivity index (χ3v) is 17.7. The van der Waals surface area contributed by atoms with E-state index < -0.39 is 28.7 Å². The molecule has 78 heavy (non-hydrogen) atoms. The number of carbonyl (C=O) groups is 2. The third kappa shape index (κ3) is 21.2. The van der Waals surface area contributed by atoms with E-state index in [4.69, 9.17) is 37.9 Å². The second kappa shape index (κ2) is 28.6. The first-order valence-corrected chi connectivity index (χ1v) is 29.5. The first-order valence-electron chi connectivity index (χ1n) is 29.5. The maximum atomic E-state index is 12.7. The molecule has 2 fully saturated rings. The normalized spacial score (nSPS) is 22.1. The second-order valence-corrected chi connectivity index (χ2v) is 27.8. The van der Waals surface area contributed by atoms with Crippen molar-refractivity contribution in [1.29, 1.82) is 0 Å². The standard InChI is InChI=1S/C68H108O10/c1-20-52-41-67(18,48-62(8,9)74-39-28-27-36-61(6,7)66(16,17)76-47-55(46-73-57-33-25-22-26-34-57)65(14,15)78-60(70)51(4)5)37-35-58(52)53-42-68(19,43-53)49-63(10,11)75-40-30-29-38-71-44-54(45-72-56-31-23-21-24-32-56)64(12,13)77-59(69)50(2)3/h20-26,31-34,52-55,58H,1-2,4,27-30,35-49H2,3,5-19H3. The Hall–Kier alpha value is -3.96. The molecule has 10 nitrogen and oxygen atoms in total. The van der Waals surface area contributed by atoms with Crippen molar-refractivity contribution in [2.75, 3.05) is 46.2 Å². The third-order valence-electron chi connectivity index (χ3n) is 17.7. The molecule has 2 aromatic rings. The van der Waals surface area contributed by atoms with E-state index in [0.717, 1.165) is 75.4 Å². The minimum atomic E-state index is -0.842. The average molecular weight is 1090 g/mol. The number of allylic oxidation sites excluding steroid dienone is 1. The molecule has 0 N–H and O–H groups in total. The van der Waals surface area contributed by atoms with E-state index in [-0.39, 0.29) is 39.3 Å². The zero-order valence-electron chi connectivity index (χ0n) is 51.9. The minimum absolute atomic E-state index is 0.131. The Morgan fingerprint density at radius 2 is 1.05 bits per heavy atom. The van der Waals surface area contributed by atoms with Crippen LogP contribution in [0.5, 0.6) is 11.5 Å². The molecule has 0 bridgehead atoms. The lowest BCUT2D eigenvalue weighted by molar-refractivity contribution is -0.170. The molecule has 0 aromatic heterocycles. The van der Waals surface area contributed by atoms with Gasteiger partial charge in [-0.3, -0.25) is 0 Å². The van der Waals surface area contributed by atoms with Gasteiger partial charge in [-0.05, 0) is 212 Å². The summed E-state index contributed by atoms with van der Waals surface area (Å²) in [7, 11) is 0. The summed E-state index contributed by atoms with van der Waals surface area (Å²) in [4.78, 5) is 25.1. The SMILES string of the molecule is C=CC1CC(C)(CC(C)(C)OCCCCC(C)(C)C(C)(C)OCC(COc2ccccc2)C(C)(C)OC(=O)C(=C)C)CCC1C1CC(C)(CC(C)(C)OCCCCOCC(COc2ccccc2)C(C)(C)OC(=O)C(=C)C)C1. The Labute approximate surface area is 474 Å². The van der Waals surface area contributed by atoms with Crippen LogP contribution in [-0.4, -0.2) is 86.2 Å². The van der Waals surface area contributed by atoms with Crippen molar-refractivity contribution in [3.8, 4) is 11.5 Å². The van der Waals surface area contributed by atoms with Crippen molar-refractivity contribution in [2.24, 2.45) is 45.8 Å². The summed E-state index contributed by atoms with van der Waals surface area (Å²) in [5.41, 5.74) is -1.46. The molecule has 5 atom stereocenters. The van der Waals surface area contributed by atoms with Gasteiger partial charge in [-0.15, -0.1) is 6.58 Å². The first kappa shape index (κ1) is 66.6.